The number of aliphatic imine (C=N–C) groups is 1. The van der Waals surface area contributed by atoms with E-state index in [-0.39, 0.29) is 0 Å². The van der Waals surface area contributed by atoms with Crippen LogP contribution < -0.4 is 5.32 Å². The highest BCUT2D eigenvalue weighted by Crippen LogP contribution is 2.23. The van der Waals surface area contributed by atoms with Crippen molar-refractivity contribution in [1.82, 2.24) is 0 Å². The Morgan fingerprint density at radius 1 is 0.808 bits per heavy atom. The molecule has 0 amide bonds. The molecule has 0 saturated heterocycles. The van der Waals surface area contributed by atoms with Gasteiger partial charge < -0.3 is 5.32 Å². The Morgan fingerprint density at radius 2 is 1.42 bits per heavy atom. The summed E-state index contributed by atoms with van der Waals surface area (Å²) in [4.78, 5) is 4.96. The minimum Gasteiger partial charge on any atom is -0.339 e. The minimum absolute atomic E-state index is 0.719. The molecule has 0 aliphatic heterocycles. The number of benzene rings is 3. The number of para-hydroxylation sites is 2. The molecule has 1 N–H and O–H groups in total. The summed E-state index contributed by atoms with van der Waals surface area (Å²) in [5.41, 5.74) is 5.56. The molecule has 3 aromatic rings. The molecule has 3 rings (SSSR count). The smallest absolute Gasteiger partial charge is 0.138 e. The molecule has 0 atom stereocenters. The highest BCUT2D eigenvalue weighted by atomic mass is 35.5. The number of hydrogen-bond donors (Lipinski definition) is 1. The van der Waals surface area contributed by atoms with Crippen LogP contribution in [0.2, 0.25) is 5.02 Å². The maximum atomic E-state index is 6.07. The lowest BCUT2D eigenvalue weighted by Crippen LogP contribution is -2.14. The lowest BCUT2D eigenvalue weighted by atomic mass is 10.1. The Morgan fingerprint density at radius 3 is 2.12 bits per heavy atom. The van der Waals surface area contributed by atoms with Gasteiger partial charge in [-0.05, 0) is 60.4 Å². The summed E-state index contributed by atoms with van der Waals surface area (Å²) in [7, 11) is 0. The minimum atomic E-state index is 0.719. The number of nitrogens with zero attached hydrogens (tertiary/aromatic N) is 1. The molecular formula is C23H23ClN2. The molecular weight excluding hydrogens is 340 g/mol. The first-order chi connectivity index (χ1) is 12.7. The number of nitrogens with one attached hydrogen (secondary N) is 1. The largest absolute Gasteiger partial charge is 0.339 e. The van der Waals surface area contributed by atoms with E-state index < -0.39 is 0 Å². The Balaban J connectivity index is 2.07. The molecule has 0 aliphatic rings. The lowest BCUT2D eigenvalue weighted by Gasteiger charge is -2.14. The van der Waals surface area contributed by atoms with E-state index in [1.54, 1.807) is 0 Å². The monoisotopic (exact) mass is 362 g/mol. The molecule has 0 bridgehead atoms. The average molecular weight is 363 g/mol. The zero-order chi connectivity index (χ0) is 18.4. The summed E-state index contributed by atoms with van der Waals surface area (Å²) in [6, 6.07) is 24.4. The first kappa shape index (κ1) is 18.2. The van der Waals surface area contributed by atoms with E-state index in [4.69, 9.17) is 16.6 Å². The Hall–Kier alpha value is -2.58. The highest BCUT2D eigenvalue weighted by Gasteiger charge is 2.09. The van der Waals surface area contributed by atoms with Crippen LogP contribution in [0, 0.1) is 0 Å². The number of anilines is 1. The standard InChI is InChI=1S/C23H23ClN2/c1-3-17-9-5-7-11-21(17)25-23(19-13-15-20(24)16-14-19)26-22-12-8-6-10-18(22)4-2/h5-16H,3-4H2,1-2H3,(H,25,26). The van der Waals surface area contributed by atoms with Gasteiger partial charge in [-0.25, -0.2) is 4.99 Å². The highest BCUT2D eigenvalue weighted by molar-refractivity contribution is 6.30. The van der Waals surface area contributed by atoms with Gasteiger partial charge in [0.05, 0.1) is 5.69 Å². The Kier molecular flexibility index (Phi) is 6.08. The number of aryl methyl sites for hydroxylation is 2. The molecule has 2 nitrogen and oxygen atoms in total. The summed E-state index contributed by atoms with van der Waals surface area (Å²) in [6.45, 7) is 4.31. The molecule has 0 aliphatic carbocycles. The molecule has 132 valence electrons. The van der Waals surface area contributed by atoms with Crippen molar-refractivity contribution in [3.05, 3.63) is 94.5 Å². The van der Waals surface area contributed by atoms with Gasteiger partial charge in [0.2, 0.25) is 0 Å². The number of halogens is 1. The van der Waals surface area contributed by atoms with E-state index in [1.807, 2.05) is 36.4 Å². The van der Waals surface area contributed by atoms with E-state index in [2.05, 4.69) is 55.6 Å². The molecule has 0 fully saturated rings. The molecule has 0 radical (unpaired) electrons. The van der Waals surface area contributed by atoms with Gasteiger partial charge in [0.1, 0.15) is 5.84 Å². The van der Waals surface area contributed by atoms with Crippen LogP contribution in [0.25, 0.3) is 0 Å². The summed E-state index contributed by atoms with van der Waals surface area (Å²) < 4.78 is 0. The fourth-order valence-corrected chi connectivity index (χ4v) is 3.02. The van der Waals surface area contributed by atoms with Crippen molar-refractivity contribution in [2.24, 2.45) is 4.99 Å². The third kappa shape index (κ3) is 4.33. The molecule has 26 heavy (non-hydrogen) atoms. The molecule has 0 spiro atoms. The topological polar surface area (TPSA) is 24.4 Å². The Bertz CT molecular complexity index is 898. The second-order valence-corrected chi connectivity index (χ2v) is 6.52. The lowest BCUT2D eigenvalue weighted by molar-refractivity contribution is 1.13. The van der Waals surface area contributed by atoms with Crippen LogP contribution in [0.1, 0.15) is 30.5 Å². The third-order valence-electron chi connectivity index (χ3n) is 4.37. The summed E-state index contributed by atoms with van der Waals surface area (Å²) >= 11 is 6.07. The van der Waals surface area contributed by atoms with Crippen molar-refractivity contribution in [3.63, 3.8) is 0 Å². The van der Waals surface area contributed by atoms with Crippen LogP contribution in [0.4, 0.5) is 11.4 Å². The summed E-state index contributed by atoms with van der Waals surface area (Å²) in [6.07, 6.45) is 1.90. The first-order valence-corrected chi connectivity index (χ1v) is 9.36. The van der Waals surface area contributed by atoms with Crippen molar-refractivity contribution >= 4 is 28.8 Å². The van der Waals surface area contributed by atoms with Gasteiger partial charge in [-0.2, -0.15) is 0 Å². The summed E-state index contributed by atoms with van der Waals surface area (Å²) in [5, 5.41) is 4.26. The van der Waals surface area contributed by atoms with Gasteiger partial charge >= 0.3 is 0 Å². The van der Waals surface area contributed by atoms with E-state index in [1.165, 1.54) is 11.1 Å². The Labute approximate surface area is 160 Å². The van der Waals surface area contributed by atoms with Gasteiger partial charge in [0.25, 0.3) is 0 Å². The van der Waals surface area contributed by atoms with Crippen LogP contribution in [0.3, 0.4) is 0 Å². The van der Waals surface area contributed by atoms with Gasteiger partial charge in [-0.1, -0.05) is 61.8 Å². The molecule has 3 aromatic carbocycles. The van der Waals surface area contributed by atoms with Gasteiger partial charge in [-0.3, -0.25) is 0 Å². The van der Waals surface area contributed by atoms with Crippen molar-refractivity contribution in [3.8, 4) is 0 Å². The number of hydrogen-bond acceptors (Lipinski definition) is 1. The van der Waals surface area contributed by atoms with Gasteiger partial charge in [0, 0.05) is 16.3 Å². The average Bonchev–Trinajstić information content (AvgIpc) is 2.69. The fourth-order valence-electron chi connectivity index (χ4n) is 2.89. The van der Waals surface area contributed by atoms with Crippen LogP contribution >= 0.6 is 11.6 Å². The van der Waals surface area contributed by atoms with Crippen molar-refractivity contribution in [1.29, 1.82) is 0 Å². The number of amidine groups is 1. The predicted molar refractivity (Wildman–Crippen MR) is 113 cm³/mol. The quantitative estimate of drug-likeness (QED) is 0.398. The second-order valence-electron chi connectivity index (χ2n) is 6.09. The molecule has 0 heterocycles. The maximum Gasteiger partial charge on any atom is 0.138 e. The second kappa shape index (κ2) is 8.68. The zero-order valence-corrected chi connectivity index (χ0v) is 15.9. The van der Waals surface area contributed by atoms with Gasteiger partial charge in [0.15, 0.2) is 0 Å². The van der Waals surface area contributed by atoms with E-state index in [0.29, 0.717) is 0 Å². The van der Waals surface area contributed by atoms with Crippen molar-refractivity contribution in [2.45, 2.75) is 26.7 Å². The van der Waals surface area contributed by atoms with Crippen LogP contribution in [0.5, 0.6) is 0 Å². The predicted octanol–water partition coefficient (Wildman–Crippen LogP) is 6.66. The van der Waals surface area contributed by atoms with Gasteiger partial charge in [-0.15, -0.1) is 0 Å². The molecule has 3 heteroatoms. The van der Waals surface area contributed by atoms with Crippen molar-refractivity contribution < 1.29 is 0 Å². The fraction of sp³-hybridized carbons (Fsp3) is 0.174. The first-order valence-electron chi connectivity index (χ1n) is 8.98. The zero-order valence-electron chi connectivity index (χ0n) is 15.2. The van der Waals surface area contributed by atoms with E-state index in [9.17, 15) is 0 Å². The van der Waals surface area contributed by atoms with Crippen LogP contribution in [-0.4, -0.2) is 5.84 Å². The third-order valence-corrected chi connectivity index (χ3v) is 4.63. The normalized spacial score (nSPS) is 11.4. The van der Waals surface area contributed by atoms with Crippen molar-refractivity contribution in [2.75, 3.05) is 5.32 Å². The molecule has 0 saturated carbocycles. The van der Waals surface area contributed by atoms with E-state index in [0.717, 1.165) is 40.6 Å². The summed E-state index contributed by atoms with van der Waals surface area (Å²) in [5.74, 6) is 0.823. The van der Waals surface area contributed by atoms with Crippen LogP contribution in [-0.2, 0) is 12.8 Å². The maximum absolute atomic E-state index is 6.07. The van der Waals surface area contributed by atoms with Crippen LogP contribution in [0.15, 0.2) is 77.8 Å². The number of rotatable bonds is 5. The molecule has 0 aromatic heterocycles. The SMILES string of the molecule is CCc1ccccc1N=C(Nc1ccccc1CC)c1ccc(Cl)cc1. The van der Waals surface area contributed by atoms with E-state index >= 15 is 0 Å². The molecule has 0 unspecified atom stereocenters.